The van der Waals surface area contributed by atoms with Crippen LogP contribution in [0.5, 0.6) is 5.75 Å². The predicted octanol–water partition coefficient (Wildman–Crippen LogP) is 1.35. The van der Waals surface area contributed by atoms with Gasteiger partial charge in [-0.05, 0) is 40.1 Å². The highest BCUT2D eigenvalue weighted by Crippen LogP contribution is 2.26. The van der Waals surface area contributed by atoms with Gasteiger partial charge in [-0.25, -0.2) is 0 Å². The van der Waals surface area contributed by atoms with E-state index in [0.717, 1.165) is 0 Å². The van der Waals surface area contributed by atoms with Crippen molar-refractivity contribution in [2.75, 3.05) is 33.0 Å². The molecule has 0 saturated carbocycles. The Balaban J connectivity index is 2.79. The van der Waals surface area contributed by atoms with Gasteiger partial charge in [0.1, 0.15) is 0 Å². The molecule has 1 amide bonds. The normalized spacial score (nSPS) is 12.3. The van der Waals surface area contributed by atoms with Crippen molar-refractivity contribution >= 4 is 11.6 Å². The molecule has 0 aliphatic rings. The van der Waals surface area contributed by atoms with Crippen molar-refractivity contribution in [2.45, 2.75) is 19.9 Å². The van der Waals surface area contributed by atoms with Crippen LogP contribution in [0.3, 0.4) is 0 Å². The highest BCUT2D eigenvalue weighted by atomic mass is 16.5. The fourth-order valence-electron chi connectivity index (χ4n) is 1.56. The van der Waals surface area contributed by atoms with Crippen LogP contribution in [0.15, 0.2) is 18.2 Å². The minimum atomic E-state index is -0.163. The summed E-state index contributed by atoms with van der Waals surface area (Å²) < 4.78 is 5.45. The smallest absolute Gasteiger partial charge is 0.255 e. The molecule has 106 valence electrons. The molecule has 1 aromatic rings. The summed E-state index contributed by atoms with van der Waals surface area (Å²) in [4.78, 5) is 14.2. The number of nitrogens with zero attached hydrogens (tertiary/aromatic N) is 1. The number of nitrogen functional groups attached to an aromatic ring is 1. The van der Waals surface area contributed by atoms with Crippen molar-refractivity contribution in [3.05, 3.63) is 23.8 Å². The number of nitrogens with two attached hydrogens (primary N) is 1. The lowest BCUT2D eigenvalue weighted by Crippen LogP contribution is -2.38. The largest absolute Gasteiger partial charge is 0.491 e. The second kappa shape index (κ2) is 6.99. The first kappa shape index (κ1) is 15.3. The molecule has 5 heteroatoms. The van der Waals surface area contributed by atoms with Crippen molar-refractivity contribution in [1.82, 2.24) is 10.2 Å². The van der Waals surface area contributed by atoms with Crippen molar-refractivity contribution in [3.8, 4) is 5.75 Å². The Hall–Kier alpha value is -1.75. The first-order chi connectivity index (χ1) is 8.97. The van der Waals surface area contributed by atoms with Gasteiger partial charge in [-0.1, -0.05) is 6.07 Å². The Bertz CT molecular complexity index is 433. The third-order valence-corrected chi connectivity index (χ3v) is 3.02. The third kappa shape index (κ3) is 4.13. The fraction of sp³-hybridized carbons (Fsp3) is 0.500. The molecule has 5 nitrogen and oxygen atoms in total. The lowest BCUT2D eigenvalue weighted by atomic mass is 10.1. The highest BCUT2D eigenvalue weighted by molar-refractivity contribution is 5.98. The lowest BCUT2D eigenvalue weighted by molar-refractivity contribution is 0.0940. The summed E-state index contributed by atoms with van der Waals surface area (Å²) in [6.07, 6.45) is 0. The molecule has 0 radical (unpaired) electrons. The molecule has 1 rings (SSSR count). The summed E-state index contributed by atoms with van der Waals surface area (Å²) >= 11 is 0. The summed E-state index contributed by atoms with van der Waals surface area (Å²) in [7, 11) is 3.95. The summed E-state index contributed by atoms with van der Waals surface area (Å²) in [5.41, 5.74) is 6.80. The van der Waals surface area contributed by atoms with E-state index in [2.05, 4.69) is 5.32 Å². The van der Waals surface area contributed by atoms with Crippen molar-refractivity contribution in [1.29, 1.82) is 0 Å². The lowest BCUT2D eigenvalue weighted by Gasteiger charge is -2.20. The maximum atomic E-state index is 12.2. The Morgan fingerprint density at radius 1 is 1.47 bits per heavy atom. The predicted molar refractivity (Wildman–Crippen MR) is 77.5 cm³/mol. The SMILES string of the molecule is CCOc1c(N)cccc1C(=O)NCC(C)N(C)C. The molecule has 0 spiro atoms. The summed E-state index contributed by atoms with van der Waals surface area (Å²) in [5, 5.41) is 2.89. The van der Waals surface area contributed by atoms with Gasteiger partial charge in [-0.3, -0.25) is 4.79 Å². The molecule has 0 bridgehead atoms. The van der Waals surface area contributed by atoms with Crippen LogP contribution in [-0.4, -0.2) is 44.1 Å². The summed E-state index contributed by atoms with van der Waals surface area (Å²) in [6, 6.07) is 5.46. The number of hydrogen-bond acceptors (Lipinski definition) is 4. The topological polar surface area (TPSA) is 67.6 Å². The van der Waals surface area contributed by atoms with Crippen LogP contribution in [0.4, 0.5) is 5.69 Å². The summed E-state index contributed by atoms with van der Waals surface area (Å²) in [6.45, 7) is 4.96. The number of anilines is 1. The average molecular weight is 265 g/mol. The quantitative estimate of drug-likeness (QED) is 0.762. The minimum absolute atomic E-state index is 0.163. The number of amides is 1. The zero-order valence-electron chi connectivity index (χ0n) is 12.1. The molecule has 0 aromatic heterocycles. The molecule has 0 heterocycles. The number of carbonyl (C=O) groups excluding carboxylic acids is 1. The molecule has 0 saturated heterocycles. The molecule has 3 N–H and O–H groups in total. The average Bonchev–Trinajstić information content (AvgIpc) is 2.37. The molecule has 1 aromatic carbocycles. The van der Waals surface area contributed by atoms with Crippen molar-refractivity contribution in [3.63, 3.8) is 0 Å². The Morgan fingerprint density at radius 3 is 2.74 bits per heavy atom. The van der Waals surface area contributed by atoms with E-state index in [4.69, 9.17) is 10.5 Å². The molecular weight excluding hydrogens is 242 g/mol. The van der Waals surface area contributed by atoms with Crippen LogP contribution in [0, 0.1) is 0 Å². The Morgan fingerprint density at radius 2 is 2.16 bits per heavy atom. The first-order valence-corrected chi connectivity index (χ1v) is 6.43. The van der Waals surface area contributed by atoms with Gasteiger partial charge in [-0.15, -0.1) is 0 Å². The van der Waals surface area contributed by atoms with Crippen molar-refractivity contribution < 1.29 is 9.53 Å². The van der Waals surface area contributed by atoms with Gasteiger partial charge in [0, 0.05) is 12.6 Å². The monoisotopic (exact) mass is 265 g/mol. The zero-order valence-corrected chi connectivity index (χ0v) is 12.1. The van der Waals surface area contributed by atoms with Crippen LogP contribution >= 0.6 is 0 Å². The number of rotatable bonds is 6. The van der Waals surface area contributed by atoms with E-state index < -0.39 is 0 Å². The number of benzene rings is 1. The third-order valence-electron chi connectivity index (χ3n) is 3.02. The van der Waals surface area contributed by atoms with Crippen LogP contribution < -0.4 is 15.8 Å². The number of carbonyl (C=O) groups is 1. The van der Waals surface area contributed by atoms with E-state index in [0.29, 0.717) is 30.2 Å². The number of para-hydroxylation sites is 1. The first-order valence-electron chi connectivity index (χ1n) is 6.43. The molecule has 19 heavy (non-hydrogen) atoms. The van der Waals surface area contributed by atoms with Gasteiger partial charge in [0.15, 0.2) is 5.75 Å². The molecule has 0 aliphatic carbocycles. The van der Waals surface area contributed by atoms with E-state index in [9.17, 15) is 4.79 Å². The molecule has 1 atom stereocenters. The van der Waals surface area contributed by atoms with Gasteiger partial charge < -0.3 is 20.7 Å². The molecular formula is C14H23N3O2. The van der Waals surface area contributed by atoms with E-state index in [1.807, 2.05) is 32.8 Å². The van der Waals surface area contributed by atoms with Gasteiger partial charge >= 0.3 is 0 Å². The van der Waals surface area contributed by atoms with Crippen LogP contribution in [-0.2, 0) is 0 Å². The van der Waals surface area contributed by atoms with E-state index in [1.165, 1.54) is 0 Å². The van der Waals surface area contributed by atoms with Gasteiger partial charge in [0.2, 0.25) is 0 Å². The van der Waals surface area contributed by atoms with Crippen LogP contribution in [0.25, 0.3) is 0 Å². The standard InChI is InChI=1S/C14H23N3O2/c1-5-19-13-11(7-6-8-12(13)15)14(18)16-9-10(2)17(3)4/h6-8,10H,5,9,15H2,1-4H3,(H,16,18). The maximum Gasteiger partial charge on any atom is 0.255 e. The number of nitrogens with one attached hydrogen (secondary N) is 1. The Labute approximate surface area is 114 Å². The zero-order chi connectivity index (χ0) is 14.4. The van der Waals surface area contributed by atoms with Gasteiger partial charge in [0.05, 0.1) is 17.9 Å². The van der Waals surface area contributed by atoms with E-state index >= 15 is 0 Å². The number of ether oxygens (including phenoxy) is 1. The summed E-state index contributed by atoms with van der Waals surface area (Å²) in [5.74, 6) is 0.296. The molecule has 1 unspecified atom stereocenters. The fourth-order valence-corrected chi connectivity index (χ4v) is 1.56. The van der Waals surface area contributed by atoms with Gasteiger partial charge in [-0.2, -0.15) is 0 Å². The number of hydrogen-bond donors (Lipinski definition) is 2. The van der Waals surface area contributed by atoms with E-state index in [1.54, 1.807) is 18.2 Å². The molecule has 0 aliphatic heterocycles. The van der Waals surface area contributed by atoms with Crippen LogP contribution in [0.2, 0.25) is 0 Å². The molecule has 0 fully saturated rings. The number of likely N-dealkylation sites (N-methyl/N-ethyl adjacent to an activating group) is 1. The Kier molecular flexibility index (Phi) is 5.63. The van der Waals surface area contributed by atoms with E-state index in [-0.39, 0.29) is 11.9 Å². The maximum absolute atomic E-state index is 12.2. The van der Waals surface area contributed by atoms with Gasteiger partial charge in [0.25, 0.3) is 5.91 Å². The van der Waals surface area contributed by atoms with Crippen LogP contribution in [0.1, 0.15) is 24.2 Å². The van der Waals surface area contributed by atoms with Crippen molar-refractivity contribution in [2.24, 2.45) is 0 Å². The second-order valence-electron chi connectivity index (χ2n) is 4.68. The minimum Gasteiger partial charge on any atom is -0.491 e. The highest BCUT2D eigenvalue weighted by Gasteiger charge is 2.15. The second-order valence-corrected chi connectivity index (χ2v) is 4.68.